The van der Waals surface area contributed by atoms with E-state index in [1.54, 1.807) is 26.0 Å². The number of nitrogen functional groups attached to an aromatic ring is 1. The first-order valence-corrected chi connectivity index (χ1v) is 7.26. The number of nitrogens with one attached hydrogen (secondary N) is 1. The highest BCUT2D eigenvalue weighted by atomic mass is 32.2. The molecule has 0 heterocycles. The summed E-state index contributed by atoms with van der Waals surface area (Å²) in [7, 11) is -3.51. The number of benzene rings is 1. The minimum Gasteiger partial charge on any atom is -0.398 e. The standard InChI is InChI=1S/C13H20N2O2S/c1-5-6-7-15-18(16,17)13-10(3)8-9(2)12(14)11(13)4/h5,8,15H,1,6-7,14H2,2-4H3. The van der Waals surface area contributed by atoms with Gasteiger partial charge in [-0.15, -0.1) is 6.58 Å². The third-order valence-corrected chi connectivity index (χ3v) is 4.62. The Hall–Kier alpha value is -1.33. The number of nitrogens with two attached hydrogens (primary N) is 1. The van der Waals surface area contributed by atoms with E-state index in [4.69, 9.17) is 5.73 Å². The quantitative estimate of drug-likeness (QED) is 0.487. The SMILES string of the molecule is C=CCCNS(=O)(=O)c1c(C)cc(C)c(N)c1C. The summed E-state index contributed by atoms with van der Waals surface area (Å²) in [6, 6.07) is 1.80. The summed E-state index contributed by atoms with van der Waals surface area (Å²) in [6.07, 6.45) is 2.27. The van der Waals surface area contributed by atoms with Crippen LogP contribution in [-0.2, 0) is 10.0 Å². The van der Waals surface area contributed by atoms with Gasteiger partial charge in [-0.3, -0.25) is 0 Å². The van der Waals surface area contributed by atoms with Crippen LogP contribution >= 0.6 is 0 Å². The van der Waals surface area contributed by atoms with Gasteiger partial charge in [-0.05, 0) is 43.9 Å². The molecule has 0 amide bonds. The Kier molecular flexibility index (Phi) is 4.53. The highest BCUT2D eigenvalue weighted by molar-refractivity contribution is 7.89. The molecule has 0 saturated heterocycles. The zero-order valence-electron chi connectivity index (χ0n) is 11.1. The highest BCUT2D eigenvalue weighted by Crippen LogP contribution is 2.27. The van der Waals surface area contributed by atoms with Crippen LogP contribution < -0.4 is 10.5 Å². The van der Waals surface area contributed by atoms with Crippen LogP contribution in [0.4, 0.5) is 5.69 Å². The predicted molar refractivity (Wildman–Crippen MR) is 75.1 cm³/mol. The number of hydrogen-bond donors (Lipinski definition) is 2. The molecule has 0 unspecified atom stereocenters. The molecule has 0 aliphatic heterocycles. The Bertz CT molecular complexity index is 563. The number of hydrogen-bond acceptors (Lipinski definition) is 3. The van der Waals surface area contributed by atoms with E-state index in [9.17, 15) is 8.42 Å². The van der Waals surface area contributed by atoms with Crippen molar-refractivity contribution in [2.75, 3.05) is 12.3 Å². The van der Waals surface area contributed by atoms with E-state index in [1.807, 2.05) is 6.92 Å². The molecule has 3 N–H and O–H groups in total. The maximum absolute atomic E-state index is 12.2. The smallest absolute Gasteiger partial charge is 0.241 e. The van der Waals surface area contributed by atoms with E-state index in [2.05, 4.69) is 11.3 Å². The fourth-order valence-corrected chi connectivity index (χ4v) is 3.49. The zero-order valence-corrected chi connectivity index (χ0v) is 11.9. The number of sulfonamides is 1. The number of anilines is 1. The molecule has 1 aromatic carbocycles. The molecule has 1 rings (SSSR count). The van der Waals surface area contributed by atoms with Crippen molar-refractivity contribution in [3.8, 4) is 0 Å². The van der Waals surface area contributed by atoms with Gasteiger partial charge in [0.1, 0.15) is 0 Å². The van der Waals surface area contributed by atoms with Crippen molar-refractivity contribution in [3.05, 3.63) is 35.4 Å². The van der Waals surface area contributed by atoms with E-state index in [1.165, 1.54) is 0 Å². The van der Waals surface area contributed by atoms with Crippen molar-refractivity contribution < 1.29 is 8.42 Å². The lowest BCUT2D eigenvalue weighted by molar-refractivity contribution is 0.581. The second-order valence-electron chi connectivity index (χ2n) is 4.35. The third-order valence-electron chi connectivity index (χ3n) is 2.87. The molecule has 0 aromatic heterocycles. The largest absolute Gasteiger partial charge is 0.398 e. The van der Waals surface area contributed by atoms with Crippen LogP contribution in [0.15, 0.2) is 23.6 Å². The lowest BCUT2D eigenvalue weighted by Crippen LogP contribution is -2.26. The van der Waals surface area contributed by atoms with Crippen molar-refractivity contribution in [2.45, 2.75) is 32.1 Å². The van der Waals surface area contributed by atoms with Crippen LogP contribution in [0, 0.1) is 20.8 Å². The average Bonchev–Trinajstić information content (AvgIpc) is 2.25. The molecule has 0 aliphatic carbocycles. The minimum atomic E-state index is -3.51. The molecule has 0 saturated carbocycles. The van der Waals surface area contributed by atoms with Gasteiger partial charge in [0.2, 0.25) is 10.0 Å². The predicted octanol–water partition coefficient (Wildman–Crippen LogP) is 2.05. The van der Waals surface area contributed by atoms with Gasteiger partial charge in [0, 0.05) is 12.2 Å². The Morgan fingerprint density at radius 3 is 2.50 bits per heavy atom. The molecule has 4 nitrogen and oxygen atoms in total. The molecule has 1 aromatic rings. The third kappa shape index (κ3) is 2.91. The first kappa shape index (κ1) is 14.7. The van der Waals surface area contributed by atoms with Gasteiger partial charge in [0.15, 0.2) is 0 Å². The molecule has 0 atom stereocenters. The summed E-state index contributed by atoms with van der Waals surface area (Å²) in [6.45, 7) is 9.29. The van der Waals surface area contributed by atoms with Crippen molar-refractivity contribution >= 4 is 15.7 Å². The fourth-order valence-electron chi connectivity index (χ4n) is 1.96. The highest BCUT2D eigenvalue weighted by Gasteiger charge is 2.21. The van der Waals surface area contributed by atoms with E-state index in [0.29, 0.717) is 29.8 Å². The number of rotatable bonds is 5. The van der Waals surface area contributed by atoms with Gasteiger partial charge in [-0.1, -0.05) is 12.1 Å². The van der Waals surface area contributed by atoms with Crippen LogP contribution in [0.5, 0.6) is 0 Å². The Morgan fingerprint density at radius 2 is 1.94 bits per heavy atom. The zero-order chi connectivity index (χ0) is 13.9. The molecule has 0 fully saturated rings. The van der Waals surface area contributed by atoms with Gasteiger partial charge in [-0.25, -0.2) is 13.1 Å². The first-order chi connectivity index (χ1) is 8.31. The van der Waals surface area contributed by atoms with Crippen molar-refractivity contribution in [3.63, 3.8) is 0 Å². The fraction of sp³-hybridized carbons (Fsp3) is 0.385. The van der Waals surface area contributed by atoms with Gasteiger partial charge < -0.3 is 5.73 Å². The molecule has 5 heteroatoms. The van der Waals surface area contributed by atoms with Crippen LogP contribution in [-0.4, -0.2) is 15.0 Å². The summed E-state index contributed by atoms with van der Waals surface area (Å²) in [4.78, 5) is 0.287. The van der Waals surface area contributed by atoms with E-state index < -0.39 is 10.0 Å². The van der Waals surface area contributed by atoms with Crippen LogP contribution in [0.25, 0.3) is 0 Å². The van der Waals surface area contributed by atoms with Crippen LogP contribution in [0.1, 0.15) is 23.1 Å². The molecular formula is C13H20N2O2S. The first-order valence-electron chi connectivity index (χ1n) is 5.78. The molecule has 0 bridgehead atoms. The Labute approximate surface area is 109 Å². The molecular weight excluding hydrogens is 248 g/mol. The summed E-state index contributed by atoms with van der Waals surface area (Å²) in [5, 5.41) is 0. The Balaban J connectivity index is 3.24. The van der Waals surface area contributed by atoms with Gasteiger partial charge >= 0.3 is 0 Å². The van der Waals surface area contributed by atoms with E-state index >= 15 is 0 Å². The Morgan fingerprint density at radius 1 is 1.33 bits per heavy atom. The summed E-state index contributed by atoms with van der Waals surface area (Å²) in [5.74, 6) is 0. The second kappa shape index (κ2) is 5.54. The lowest BCUT2D eigenvalue weighted by atomic mass is 10.1. The van der Waals surface area contributed by atoms with Crippen molar-refractivity contribution in [1.29, 1.82) is 0 Å². The number of aryl methyl sites for hydroxylation is 2. The summed E-state index contributed by atoms with van der Waals surface area (Å²) >= 11 is 0. The maximum Gasteiger partial charge on any atom is 0.241 e. The van der Waals surface area contributed by atoms with Crippen molar-refractivity contribution in [1.82, 2.24) is 4.72 Å². The van der Waals surface area contributed by atoms with E-state index in [-0.39, 0.29) is 4.90 Å². The summed E-state index contributed by atoms with van der Waals surface area (Å²) < 4.78 is 27.0. The van der Waals surface area contributed by atoms with Crippen LogP contribution in [0.3, 0.4) is 0 Å². The normalized spacial score (nSPS) is 11.5. The minimum absolute atomic E-state index is 0.287. The molecule has 0 aliphatic rings. The van der Waals surface area contributed by atoms with Crippen molar-refractivity contribution in [2.24, 2.45) is 0 Å². The lowest BCUT2D eigenvalue weighted by Gasteiger charge is -2.15. The van der Waals surface area contributed by atoms with Gasteiger partial charge in [0.25, 0.3) is 0 Å². The van der Waals surface area contributed by atoms with Gasteiger partial charge in [0.05, 0.1) is 4.90 Å². The maximum atomic E-state index is 12.2. The van der Waals surface area contributed by atoms with E-state index in [0.717, 1.165) is 5.56 Å². The summed E-state index contributed by atoms with van der Waals surface area (Å²) in [5.41, 5.74) is 8.65. The average molecular weight is 268 g/mol. The second-order valence-corrected chi connectivity index (χ2v) is 6.06. The topological polar surface area (TPSA) is 72.2 Å². The molecule has 0 radical (unpaired) electrons. The molecule has 18 heavy (non-hydrogen) atoms. The van der Waals surface area contributed by atoms with Gasteiger partial charge in [-0.2, -0.15) is 0 Å². The van der Waals surface area contributed by atoms with Crippen LogP contribution in [0.2, 0.25) is 0 Å². The molecule has 100 valence electrons. The monoisotopic (exact) mass is 268 g/mol. The molecule has 0 spiro atoms.